The summed E-state index contributed by atoms with van der Waals surface area (Å²) in [4.78, 5) is 23.8. The van der Waals surface area contributed by atoms with Crippen molar-refractivity contribution >= 4 is 33.7 Å². The normalized spacial score (nSPS) is 10.5. The van der Waals surface area contributed by atoms with Crippen LogP contribution in [0, 0.1) is 0 Å². The van der Waals surface area contributed by atoms with Crippen LogP contribution in [0.3, 0.4) is 0 Å². The molecule has 0 aliphatic heterocycles. The van der Waals surface area contributed by atoms with Gasteiger partial charge < -0.3 is 14.7 Å². The van der Waals surface area contributed by atoms with Gasteiger partial charge in [-0.1, -0.05) is 0 Å². The van der Waals surface area contributed by atoms with Crippen molar-refractivity contribution in [1.29, 1.82) is 0 Å². The molecule has 0 aromatic heterocycles. The highest BCUT2D eigenvalue weighted by molar-refractivity contribution is 7.80. The fourth-order valence-corrected chi connectivity index (χ4v) is 1.42. The summed E-state index contributed by atoms with van der Waals surface area (Å²) in [6, 6.07) is 0. The molecular weight excluding hydrogens is 266 g/mol. The van der Waals surface area contributed by atoms with E-state index in [9.17, 15) is 13.8 Å². The Bertz CT molecular complexity index is 246. The molecule has 100 valence electrons. The van der Waals surface area contributed by atoms with Crippen molar-refractivity contribution in [3.63, 3.8) is 0 Å². The maximum Gasteiger partial charge on any atom is 0.411 e. The summed E-state index contributed by atoms with van der Waals surface area (Å²) in [7, 11) is 0.368. The third-order valence-corrected chi connectivity index (χ3v) is 2.62. The van der Waals surface area contributed by atoms with Crippen LogP contribution >= 0.6 is 21.7 Å². The molecule has 17 heavy (non-hydrogen) atoms. The number of amides is 2. The molecular formula is C9H18FN2O3PS. The molecule has 0 saturated heterocycles. The molecule has 0 aliphatic carbocycles. The van der Waals surface area contributed by atoms with Crippen LogP contribution in [-0.4, -0.2) is 42.8 Å². The molecule has 0 bridgehead atoms. The third-order valence-electron chi connectivity index (χ3n) is 2.05. The smallest absolute Gasteiger partial charge is 0.399 e. The van der Waals surface area contributed by atoms with Crippen molar-refractivity contribution in [2.75, 3.05) is 25.9 Å². The Morgan fingerprint density at radius 2 is 2.18 bits per heavy atom. The first-order chi connectivity index (χ1) is 8.11. The summed E-state index contributed by atoms with van der Waals surface area (Å²) in [6.07, 6.45) is 1.08. The summed E-state index contributed by atoms with van der Waals surface area (Å²) < 4.78 is 15.7. The first-order valence-corrected chi connectivity index (χ1v) is 6.68. The van der Waals surface area contributed by atoms with Gasteiger partial charge in [0.2, 0.25) is 5.91 Å². The third kappa shape index (κ3) is 9.18. The van der Waals surface area contributed by atoms with E-state index in [1.807, 2.05) is 0 Å². The number of hydrogen-bond donors (Lipinski definition) is 2. The van der Waals surface area contributed by atoms with Gasteiger partial charge in [0.1, 0.15) is 0 Å². The number of nitrogens with zero attached hydrogens (tertiary/aromatic N) is 1. The largest absolute Gasteiger partial charge is 0.411 e. The van der Waals surface area contributed by atoms with Gasteiger partial charge in [0.25, 0.3) is 9.12 Å². The van der Waals surface area contributed by atoms with Gasteiger partial charge in [-0.05, 0) is 18.6 Å². The SMILES string of the molecule is CN(CCCNC(=O)OPF)C(=O)CCCS. The zero-order valence-electron chi connectivity index (χ0n) is 9.74. The molecule has 0 rings (SSSR count). The number of hydrogen-bond acceptors (Lipinski definition) is 4. The minimum atomic E-state index is -1.34. The Morgan fingerprint density at radius 3 is 2.76 bits per heavy atom. The molecule has 0 aliphatic rings. The van der Waals surface area contributed by atoms with Gasteiger partial charge in [-0.25, -0.2) is 4.79 Å². The highest BCUT2D eigenvalue weighted by atomic mass is 32.1. The second-order valence-corrected chi connectivity index (χ2v) is 4.20. The van der Waals surface area contributed by atoms with Crippen molar-refractivity contribution in [2.24, 2.45) is 0 Å². The number of thiol groups is 1. The zero-order chi connectivity index (χ0) is 13.1. The van der Waals surface area contributed by atoms with Crippen LogP contribution in [0.15, 0.2) is 0 Å². The second-order valence-electron chi connectivity index (χ2n) is 3.39. The fraction of sp³-hybridized carbons (Fsp3) is 0.778. The van der Waals surface area contributed by atoms with Crippen molar-refractivity contribution in [3.8, 4) is 0 Å². The molecule has 1 atom stereocenters. The van der Waals surface area contributed by atoms with Gasteiger partial charge in [-0.15, -0.1) is 0 Å². The molecule has 0 spiro atoms. The monoisotopic (exact) mass is 284 g/mol. The molecule has 1 unspecified atom stereocenters. The van der Waals surface area contributed by atoms with E-state index in [0.29, 0.717) is 31.7 Å². The maximum atomic E-state index is 11.6. The first kappa shape index (κ1) is 16.4. The molecule has 1 N–H and O–H groups in total. The van der Waals surface area contributed by atoms with Gasteiger partial charge >= 0.3 is 6.09 Å². The van der Waals surface area contributed by atoms with Gasteiger partial charge in [-0.3, -0.25) is 4.79 Å². The van der Waals surface area contributed by atoms with Crippen LogP contribution in [0.25, 0.3) is 0 Å². The van der Waals surface area contributed by atoms with Crippen molar-refractivity contribution < 1.29 is 18.3 Å². The van der Waals surface area contributed by atoms with Crippen LogP contribution in [0.2, 0.25) is 0 Å². The van der Waals surface area contributed by atoms with Crippen molar-refractivity contribution in [2.45, 2.75) is 19.3 Å². The molecule has 0 saturated carbocycles. The molecule has 0 aromatic rings. The van der Waals surface area contributed by atoms with E-state index < -0.39 is 15.2 Å². The fourth-order valence-electron chi connectivity index (χ4n) is 1.12. The van der Waals surface area contributed by atoms with Crippen LogP contribution in [0.1, 0.15) is 19.3 Å². The highest BCUT2D eigenvalue weighted by Gasteiger charge is 2.07. The van der Waals surface area contributed by atoms with Crippen molar-refractivity contribution in [3.05, 3.63) is 0 Å². The molecule has 0 aromatic carbocycles. The lowest BCUT2D eigenvalue weighted by molar-refractivity contribution is -0.129. The summed E-state index contributed by atoms with van der Waals surface area (Å²) in [5.74, 6) is 0.753. The average Bonchev–Trinajstić information content (AvgIpc) is 2.31. The Hall–Kier alpha value is -0.550. The molecule has 0 heterocycles. The molecule has 2 amide bonds. The first-order valence-electron chi connectivity index (χ1n) is 5.27. The van der Waals surface area contributed by atoms with Gasteiger partial charge in [-0.2, -0.15) is 16.8 Å². The lowest BCUT2D eigenvalue weighted by atomic mass is 10.3. The van der Waals surface area contributed by atoms with Gasteiger partial charge in [0.15, 0.2) is 0 Å². The van der Waals surface area contributed by atoms with E-state index in [1.54, 1.807) is 11.9 Å². The van der Waals surface area contributed by atoms with Crippen LogP contribution < -0.4 is 5.32 Å². The number of halogens is 1. The number of carbonyl (C=O) groups is 2. The van der Waals surface area contributed by atoms with E-state index in [4.69, 9.17) is 0 Å². The Kier molecular flexibility index (Phi) is 10.3. The van der Waals surface area contributed by atoms with E-state index in [2.05, 4.69) is 22.5 Å². The topological polar surface area (TPSA) is 58.6 Å². The summed E-state index contributed by atoms with van der Waals surface area (Å²) >= 11 is 4.03. The minimum Gasteiger partial charge on any atom is -0.399 e. The van der Waals surface area contributed by atoms with Crippen LogP contribution in [-0.2, 0) is 9.32 Å². The number of nitrogens with one attached hydrogen (secondary N) is 1. The molecule has 0 radical (unpaired) electrons. The minimum absolute atomic E-state index is 0.0619. The van der Waals surface area contributed by atoms with E-state index >= 15 is 0 Å². The zero-order valence-corrected chi connectivity index (χ0v) is 11.6. The Labute approximate surface area is 108 Å². The van der Waals surface area contributed by atoms with Crippen LogP contribution in [0.4, 0.5) is 8.99 Å². The van der Waals surface area contributed by atoms with E-state index in [-0.39, 0.29) is 5.91 Å². The number of carbonyl (C=O) groups excluding carboxylic acids is 2. The summed E-state index contributed by atoms with van der Waals surface area (Å²) in [5.41, 5.74) is 0. The average molecular weight is 284 g/mol. The summed E-state index contributed by atoms with van der Waals surface area (Å²) in [6.45, 7) is 0.900. The van der Waals surface area contributed by atoms with Crippen LogP contribution in [0.5, 0.6) is 0 Å². The predicted molar refractivity (Wildman–Crippen MR) is 69.2 cm³/mol. The lowest BCUT2D eigenvalue weighted by Crippen LogP contribution is -2.31. The summed E-state index contributed by atoms with van der Waals surface area (Å²) in [5, 5.41) is 2.38. The van der Waals surface area contributed by atoms with E-state index in [1.165, 1.54) is 0 Å². The quantitative estimate of drug-likeness (QED) is 0.405. The standard InChI is InChI=1S/C9H18FN2O3PS/c1-12(8(13)4-2-7-17)6-3-5-11-9(14)15-16-10/h16-17H,2-7H2,1H3,(H,11,14). The predicted octanol–water partition coefficient (Wildman–Crippen LogP) is 1.75. The number of rotatable bonds is 8. The Balaban J connectivity index is 3.53. The molecule has 5 nitrogen and oxygen atoms in total. The van der Waals surface area contributed by atoms with Gasteiger partial charge in [0, 0.05) is 26.6 Å². The maximum absolute atomic E-state index is 11.6. The van der Waals surface area contributed by atoms with E-state index in [0.717, 1.165) is 6.42 Å². The molecule has 8 heteroatoms. The highest BCUT2D eigenvalue weighted by Crippen LogP contribution is 2.11. The molecule has 0 fully saturated rings. The van der Waals surface area contributed by atoms with Gasteiger partial charge in [0.05, 0.1) is 0 Å². The Morgan fingerprint density at radius 1 is 1.47 bits per heavy atom. The van der Waals surface area contributed by atoms with Crippen molar-refractivity contribution in [1.82, 2.24) is 10.2 Å². The second kappa shape index (κ2) is 10.6. The lowest BCUT2D eigenvalue weighted by Gasteiger charge is -2.16.